The number of halogens is 3. The van der Waals surface area contributed by atoms with Crippen molar-refractivity contribution in [2.24, 2.45) is 11.8 Å². The third-order valence-corrected chi connectivity index (χ3v) is 5.05. The molecule has 0 heterocycles. The van der Waals surface area contributed by atoms with E-state index in [1.807, 2.05) is 0 Å². The maximum absolute atomic E-state index is 14.2. The first-order chi connectivity index (χ1) is 9.56. The predicted octanol–water partition coefficient (Wildman–Crippen LogP) is 4.08. The van der Waals surface area contributed by atoms with Crippen molar-refractivity contribution in [2.45, 2.75) is 19.3 Å². The van der Waals surface area contributed by atoms with Crippen LogP contribution in [0.3, 0.4) is 0 Å². The lowest BCUT2D eigenvalue weighted by molar-refractivity contribution is -0.118. The summed E-state index contributed by atoms with van der Waals surface area (Å²) < 4.78 is 33.3. The second-order valence-electron chi connectivity index (χ2n) is 5.18. The summed E-state index contributed by atoms with van der Waals surface area (Å²) in [4.78, 5) is 12.1. The second-order valence-corrected chi connectivity index (χ2v) is 5.97. The minimum atomic E-state index is -1.01. The Hall–Kier alpha value is -1.23. The van der Waals surface area contributed by atoms with E-state index in [1.54, 1.807) is 0 Å². The molecule has 2 nitrogen and oxygen atoms in total. The molecule has 0 bridgehead atoms. The number of carbonyl (C=O) groups is 1. The zero-order valence-corrected chi connectivity index (χ0v) is 12.5. The Balaban J connectivity index is 2.14. The predicted molar refractivity (Wildman–Crippen MR) is 74.6 cm³/mol. The van der Waals surface area contributed by atoms with Crippen LogP contribution < -0.4 is 4.74 Å². The molecule has 0 saturated heterocycles. The highest BCUT2D eigenvalue weighted by atomic mass is 79.9. The molecule has 0 aliphatic heterocycles. The first-order valence-corrected chi connectivity index (χ1v) is 7.31. The fraction of sp³-hybridized carbons (Fsp3) is 0.400. The third kappa shape index (κ3) is 1.83. The van der Waals surface area contributed by atoms with Gasteiger partial charge >= 0.3 is 0 Å². The van der Waals surface area contributed by atoms with E-state index in [2.05, 4.69) is 15.9 Å². The number of fused-ring (bicyclic) bond motifs is 1. The Morgan fingerprint density at radius 3 is 2.60 bits per heavy atom. The molecule has 2 aliphatic carbocycles. The molecule has 0 N–H and O–H groups in total. The smallest absolute Gasteiger partial charge is 0.201 e. The maximum atomic E-state index is 14.2. The van der Waals surface area contributed by atoms with Crippen LogP contribution in [0.2, 0.25) is 0 Å². The molecule has 106 valence electrons. The molecule has 2 unspecified atom stereocenters. The standard InChI is InChI=1S/C15H13BrF2O2/c1-20-10-6-5-9(13(17)14(10)18)11-7-3-2-4-8(7)15(19)12(11)16/h5-8H,2-4H2,1H3. The monoisotopic (exact) mass is 342 g/mol. The van der Waals surface area contributed by atoms with Crippen LogP contribution in [0.1, 0.15) is 24.8 Å². The minimum Gasteiger partial charge on any atom is -0.494 e. The minimum absolute atomic E-state index is 0.000769. The van der Waals surface area contributed by atoms with Crippen LogP contribution in [0.5, 0.6) is 5.75 Å². The number of hydrogen-bond acceptors (Lipinski definition) is 2. The van der Waals surface area contributed by atoms with Crippen LogP contribution in [0.25, 0.3) is 5.57 Å². The summed E-state index contributed by atoms with van der Waals surface area (Å²) in [6, 6.07) is 2.88. The molecule has 2 aliphatic rings. The molecule has 1 aromatic carbocycles. The highest BCUT2D eigenvalue weighted by molar-refractivity contribution is 9.12. The number of Topliss-reactive ketones (excluding diaryl/α,β-unsaturated/α-hetero) is 1. The van der Waals surface area contributed by atoms with Crippen molar-refractivity contribution >= 4 is 27.3 Å². The Morgan fingerprint density at radius 2 is 1.90 bits per heavy atom. The highest BCUT2D eigenvalue weighted by Crippen LogP contribution is 2.51. The number of hydrogen-bond donors (Lipinski definition) is 0. The number of methoxy groups -OCH3 is 1. The van der Waals surface area contributed by atoms with Gasteiger partial charge in [0.1, 0.15) is 0 Å². The Kier molecular flexibility index (Phi) is 3.40. The Morgan fingerprint density at radius 1 is 1.20 bits per heavy atom. The van der Waals surface area contributed by atoms with E-state index in [0.29, 0.717) is 10.1 Å². The molecule has 3 rings (SSSR count). The number of benzene rings is 1. The van der Waals surface area contributed by atoms with Crippen LogP contribution in [-0.4, -0.2) is 12.9 Å². The number of rotatable bonds is 2. The van der Waals surface area contributed by atoms with Gasteiger partial charge in [0.15, 0.2) is 17.3 Å². The summed E-state index contributed by atoms with van der Waals surface area (Å²) in [6.45, 7) is 0. The van der Waals surface area contributed by atoms with E-state index < -0.39 is 11.6 Å². The zero-order valence-electron chi connectivity index (χ0n) is 10.9. The molecular formula is C15H13BrF2O2. The highest BCUT2D eigenvalue weighted by Gasteiger charge is 2.44. The summed E-state index contributed by atoms with van der Waals surface area (Å²) in [5.74, 6) is -2.15. The van der Waals surface area contributed by atoms with Crippen molar-refractivity contribution in [3.8, 4) is 5.75 Å². The van der Waals surface area contributed by atoms with Crippen molar-refractivity contribution in [1.82, 2.24) is 0 Å². The normalized spacial score (nSPS) is 25.3. The summed E-state index contributed by atoms with van der Waals surface area (Å²) in [7, 11) is 1.29. The molecule has 20 heavy (non-hydrogen) atoms. The Bertz CT molecular complexity index is 625. The van der Waals surface area contributed by atoms with Gasteiger partial charge in [-0.3, -0.25) is 4.79 Å². The number of ether oxygens (including phenoxy) is 1. The zero-order chi connectivity index (χ0) is 14.4. The largest absolute Gasteiger partial charge is 0.494 e. The van der Waals surface area contributed by atoms with E-state index in [4.69, 9.17) is 4.74 Å². The van der Waals surface area contributed by atoms with Crippen molar-refractivity contribution in [1.29, 1.82) is 0 Å². The van der Waals surface area contributed by atoms with Gasteiger partial charge in [-0.15, -0.1) is 0 Å². The molecule has 0 spiro atoms. The van der Waals surface area contributed by atoms with Gasteiger partial charge in [0.05, 0.1) is 11.6 Å². The fourth-order valence-electron chi connectivity index (χ4n) is 3.29. The lowest BCUT2D eigenvalue weighted by Gasteiger charge is -2.15. The van der Waals surface area contributed by atoms with Crippen LogP contribution >= 0.6 is 15.9 Å². The van der Waals surface area contributed by atoms with Gasteiger partial charge in [0.25, 0.3) is 0 Å². The number of allylic oxidation sites excluding steroid dienone is 2. The van der Waals surface area contributed by atoms with Gasteiger partial charge in [-0.1, -0.05) is 6.42 Å². The molecule has 0 amide bonds. The van der Waals surface area contributed by atoms with Crippen LogP contribution in [0.4, 0.5) is 8.78 Å². The molecule has 5 heteroatoms. The molecular weight excluding hydrogens is 330 g/mol. The van der Waals surface area contributed by atoms with E-state index in [1.165, 1.54) is 19.2 Å². The topological polar surface area (TPSA) is 26.3 Å². The van der Waals surface area contributed by atoms with E-state index >= 15 is 0 Å². The quantitative estimate of drug-likeness (QED) is 0.809. The van der Waals surface area contributed by atoms with Crippen LogP contribution in [-0.2, 0) is 4.79 Å². The van der Waals surface area contributed by atoms with E-state index in [-0.39, 0.29) is 28.9 Å². The van der Waals surface area contributed by atoms with Gasteiger partial charge in [-0.25, -0.2) is 4.39 Å². The summed E-state index contributed by atoms with van der Waals surface area (Å²) >= 11 is 3.27. The van der Waals surface area contributed by atoms with E-state index in [0.717, 1.165) is 19.3 Å². The van der Waals surface area contributed by atoms with Gasteiger partial charge < -0.3 is 4.74 Å². The fourth-order valence-corrected chi connectivity index (χ4v) is 4.09. The Labute approximate surface area is 123 Å². The molecule has 1 aromatic rings. The van der Waals surface area contributed by atoms with Gasteiger partial charge in [-0.2, -0.15) is 4.39 Å². The van der Waals surface area contributed by atoms with Crippen LogP contribution in [0.15, 0.2) is 16.6 Å². The average Bonchev–Trinajstić information content (AvgIpc) is 2.99. The first-order valence-electron chi connectivity index (χ1n) is 6.52. The molecule has 0 radical (unpaired) electrons. The molecule has 0 aromatic heterocycles. The lowest BCUT2D eigenvalue weighted by atomic mass is 9.90. The second kappa shape index (κ2) is 4.95. The van der Waals surface area contributed by atoms with Crippen molar-refractivity contribution < 1.29 is 18.3 Å². The van der Waals surface area contributed by atoms with Crippen molar-refractivity contribution in [2.75, 3.05) is 7.11 Å². The van der Waals surface area contributed by atoms with Crippen molar-refractivity contribution in [3.63, 3.8) is 0 Å². The summed E-state index contributed by atoms with van der Waals surface area (Å²) in [5.41, 5.74) is 0.773. The number of carbonyl (C=O) groups excluding carboxylic acids is 1. The van der Waals surface area contributed by atoms with Crippen LogP contribution in [0, 0.1) is 23.5 Å². The average molecular weight is 343 g/mol. The summed E-state index contributed by atoms with van der Waals surface area (Å²) in [5, 5.41) is 0. The molecule has 1 saturated carbocycles. The summed E-state index contributed by atoms with van der Waals surface area (Å²) in [6.07, 6.45) is 2.61. The van der Waals surface area contributed by atoms with Gasteiger partial charge in [-0.05, 0) is 52.4 Å². The molecule has 2 atom stereocenters. The SMILES string of the molecule is COc1ccc(C2=C(Br)C(=O)C3CCCC23)c(F)c1F. The lowest BCUT2D eigenvalue weighted by Crippen LogP contribution is -2.11. The number of ketones is 1. The molecule has 1 fully saturated rings. The third-order valence-electron chi connectivity index (χ3n) is 4.23. The maximum Gasteiger partial charge on any atom is 0.201 e. The van der Waals surface area contributed by atoms with Crippen molar-refractivity contribution in [3.05, 3.63) is 33.8 Å². The van der Waals surface area contributed by atoms with Gasteiger partial charge in [0.2, 0.25) is 5.82 Å². The first kappa shape index (κ1) is 13.7. The van der Waals surface area contributed by atoms with Gasteiger partial charge in [0, 0.05) is 11.5 Å². The van der Waals surface area contributed by atoms with E-state index in [9.17, 15) is 13.6 Å².